The number of aliphatic imine (C=N–C) groups is 1. The van der Waals surface area contributed by atoms with Crippen molar-refractivity contribution in [2.24, 2.45) is 10.8 Å². The summed E-state index contributed by atoms with van der Waals surface area (Å²) >= 11 is 0. The van der Waals surface area contributed by atoms with Gasteiger partial charge in [0.25, 0.3) is 0 Å². The molecule has 1 heterocycles. The van der Waals surface area contributed by atoms with E-state index >= 15 is 0 Å². The lowest BCUT2D eigenvalue weighted by molar-refractivity contribution is 0.426. The molecular formula is C4H10ClN3. The number of nitrogens with zero attached hydrogens (tertiary/aromatic N) is 2. The Morgan fingerprint density at radius 3 is 2.62 bits per heavy atom. The quantitative estimate of drug-likeness (QED) is 0.476. The number of hydrazine groups is 1. The van der Waals surface area contributed by atoms with Crippen molar-refractivity contribution in [3.05, 3.63) is 0 Å². The fourth-order valence-corrected chi connectivity index (χ4v) is 0.565. The van der Waals surface area contributed by atoms with E-state index in [1.165, 1.54) is 0 Å². The zero-order chi connectivity index (χ0) is 5.11. The van der Waals surface area contributed by atoms with E-state index in [0.29, 0.717) is 0 Å². The maximum absolute atomic E-state index is 5.32. The molecule has 1 rings (SSSR count). The first-order valence-electron chi connectivity index (χ1n) is 2.41. The molecule has 0 aromatic heterocycles. The highest BCUT2D eigenvalue weighted by atomic mass is 35.5. The van der Waals surface area contributed by atoms with Crippen LogP contribution in [0, 0.1) is 0 Å². The van der Waals surface area contributed by atoms with E-state index in [4.69, 9.17) is 5.84 Å². The highest BCUT2D eigenvalue weighted by molar-refractivity contribution is 5.85. The van der Waals surface area contributed by atoms with Gasteiger partial charge in [0.2, 0.25) is 0 Å². The smallest absolute Gasteiger partial charge is 0.0990 e. The third-order valence-corrected chi connectivity index (χ3v) is 0.933. The maximum Gasteiger partial charge on any atom is 0.0990 e. The topological polar surface area (TPSA) is 41.6 Å². The van der Waals surface area contributed by atoms with Gasteiger partial charge in [-0.15, -0.1) is 12.4 Å². The molecule has 0 bridgehead atoms. The van der Waals surface area contributed by atoms with E-state index in [0.717, 1.165) is 19.5 Å². The van der Waals surface area contributed by atoms with E-state index in [9.17, 15) is 0 Å². The summed E-state index contributed by atoms with van der Waals surface area (Å²) in [7, 11) is 0. The minimum Gasteiger partial charge on any atom is -0.301 e. The second kappa shape index (κ2) is 3.69. The van der Waals surface area contributed by atoms with E-state index in [2.05, 4.69) is 4.99 Å². The summed E-state index contributed by atoms with van der Waals surface area (Å²) in [5.74, 6) is 5.32. The number of hydrogen-bond acceptors (Lipinski definition) is 3. The Morgan fingerprint density at radius 2 is 2.38 bits per heavy atom. The fourth-order valence-electron chi connectivity index (χ4n) is 0.565. The molecule has 0 fully saturated rings. The van der Waals surface area contributed by atoms with Crippen LogP contribution in [0.25, 0.3) is 0 Å². The molecule has 0 aliphatic carbocycles. The largest absolute Gasteiger partial charge is 0.301 e. The van der Waals surface area contributed by atoms with Gasteiger partial charge < -0.3 is 5.01 Å². The average Bonchev–Trinajstić information content (AvgIpc) is 1.69. The Bertz CT molecular complexity index is 83.4. The summed E-state index contributed by atoms with van der Waals surface area (Å²) in [6, 6.07) is 0. The van der Waals surface area contributed by atoms with Crippen molar-refractivity contribution in [1.82, 2.24) is 5.01 Å². The van der Waals surface area contributed by atoms with Gasteiger partial charge >= 0.3 is 0 Å². The normalized spacial score (nSPS) is 17.9. The molecule has 0 aromatic rings. The average molecular weight is 136 g/mol. The number of nitrogens with two attached hydrogens (primary N) is 1. The van der Waals surface area contributed by atoms with E-state index in [-0.39, 0.29) is 12.4 Å². The summed E-state index contributed by atoms with van der Waals surface area (Å²) in [6.45, 7) is 1.89. The third kappa shape index (κ3) is 2.14. The van der Waals surface area contributed by atoms with Gasteiger partial charge in [-0.2, -0.15) is 0 Å². The minimum absolute atomic E-state index is 0. The van der Waals surface area contributed by atoms with Crippen LogP contribution in [-0.2, 0) is 0 Å². The Kier molecular flexibility index (Phi) is 3.56. The second-order valence-electron chi connectivity index (χ2n) is 1.61. The van der Waals surface area contributed by atoms with Crippen LogP contribution in [0.1, 0.15) is 6.42 Å². The third-order valence-electron chi connectivity index (χ3n) is 0.933. The summed E-state index contributed by atoms with van der Waals surface area (Å²) in [6.07, 6.45) is 2.76. The van der Waals surface area contributed by atoms with Gasteiger partial charge in [0.05, 0.1) is 6.34 Å². The van der Waals surface area contributed by atoms with Crippen molar-refractivity contribution >= 4 is 18.7 Å². The summed E-state index contributed by atoms with van der Waals surface area (Å²) < 4.78 is 0. The monoisotopic (exact) mass is 135 g/mol. The van der Waals surface area contributed by atoms with Crippen LogP contribution in [0.3, 0.4) is 0 Å². The predicted molar refractivity (Wildman–Crippen MR) is 36.1 cm³/mol. The molecule has 0 spiro atoms. The standard InChI is InChI=1S/C4H9N3.ClH/c5-7-3-1-2-6-4-7;/h4H,1-3,5H2;1H. The summed E-state index contributed by atoms with van der Waals surface area (Å²) in [4.78, 5) is 3.93. The minimum atomic E-state index is 0. The molecule has 0 unspecified atom stereocenters. The lowest BCUT2D eigenvalue weighted by Crippen LogP contribution is -2.33. The number of rotatable bonds is 0. The van der Waals surface area contributed by atoms with Gasteiger partial charge in [-0.3, -0.25) is 4.99 Å². The van der Waals surface area contributed by atoms with E-state index < -0.39 is 0 Å². The molecule has 1 aliphatic heterocycles. The van der Waals surface area contributed by atoms with E-state index in [1.54, 1.807) is 11.3 Å². The van der Waals surface area contributed by atoms with Gasteiger partial charge in [-0.05, 0) is 6.42 Å². The molecule has 8 heavy (non-hydrogen) atoms. The van der Waals surface area contributed by atoms with Crippen molar-refractivity contribution in [3.63, 3.8) is 0 Å². The lowest BCUT2D eigenvalue weighted by atomic mass is 10.4. The van der Waals surface area contributed by atoms with Crippen molar-refractivity contribution in [2.75, 3.05) is 13.1 Å². The first-order valence-corrected chi connectivity index (χ1v) is 2.41. The molecule has 0 amide bonds. The van der Waals surface area contributed by atoms with E-state index in [1.807, 2.05) is 0 Å². The van der Waals surface area contributed by atoms with Crippen molar-refractivity contribution < 1.29 is 0 Å². The first-order chi connectivity index (χ1) is 3.39. The molecule has 3 nitrogen and oxygen atoms in total. The molecular weight excluding hydrogens is 126 g/mol. The zero-order valence-corrected chi connectivity index (χ0v) is 5.40. The number of hydrogen-bond donors (Lipinski definition) is 1. The summed E-state index contributed by atoms with van der Waals surface area (Å²) in [5.41, 5.74) is 0. The van der Waals surface area contributed by atoms with Gasteiger partial charge in [0.1, 0.15) is 0 Å². The Balaban J connectivity index is 0.000000490. The van der Waals surface area contributed by atoms with Crippen LogP contribution < -0.4 is 5.84 Å². The second-order valence-corrected chi connectivity index (χ2v) is 1.61. The highest BCUT2D eigenvalue weighted by Gasteiger charge is 1.95. The molecule has 0 radical (unpaired) electrons. The first kappa shape index (κ1) is 7.72. The van der Waals surface area contributed by atoms with Gasteiger partial charge in [-0.25, -0.2) is 5.84 Å². The molecule has 0 saturated carbocycles. The van der Waals surface area contributed by atoms with Crippen molar-refractivity contribution in [2.45, 2.75) is 6.42 Å². The molecule has 4 heteroatoms. The van der Waals surface area contributed by atoms with Crippen LogP contribution in [0.4, 0.5) is 0 Å². The molecule has 2 N–H and O–H groups in total. The van der Waals surface area contributed by atoms with Crippen LogP contribution in [0.2, 0.25) is 0 Å². The molecule has 0 saturated heterocycles. The molecule has 0 atom stereocenters. The van der Waals surface area contributed by atoms with Crippen LogP contribution in [0.15, 0.2) is 4.99 Å². The Hall–Kier alpha value is -0.280. The van der Waals surface area contributed by atoms with Crippen molar-refractivity contribution in [3.8, 4) is 0 Å². The fraction of sp³-hybridized carbons (Fsp3) is 0.750. The van der Waals surface area contributed by atoms with Gasteiger partial charge in [0, 0.05) is 13.1 Å². The van der Waals surface area contributed by atoms with Gasteiger partial charge in [0.15, 0.2) is 0 Å². The molecule has 1 aliphatic rings. The van der Waals surface area contributed by atoms with Crippen LogP contribution in [0.5, 0.6) is 0 Å². The Morgan fingerprint density at radius 1 is 1.62 bits per heavy atom. The summed E-state index contributed by atoms with van der Waals surface area (Å²) in [5, 5.41) is 1.60. The lowest BCUT2D eigenvalue weighted by Gasteiger charge is -2.14. The Labute approximate surface area is 54.9 Å². The van der Waals surface area contributed by atoms with Crippen LogP contribution >= 0.6 is 12.4 Å². The predicted octanol–water partition coefficient (Wildman–Crippen LogP) is 0.0159. The zero-order valence-electron chi connectivity index (χ0n) is 4.58. The van der Waals surface area contributed by atoms with Gasteiger partial charge in [-0.1, -0.05) is 0 Å². The maximum atomic E-state index is 5.32. The van der Waals surface area contributed by atoms with Crippen molar-refractivity contribution in [1.29, 1.82) is 0 Å². The highest BCUT2D eigenvalue weighted by Crippen LogP contribution is 1.88. The number of halogens is 1. The molecule has 48 valence electrons. The SMILES string of the molecule is Cl.NN1C=NCCC1. The van der Waals surface area contributed by atoms with Crippen LogP contribution in [-0.4, -0.2) is 24.4 Å². The molecule has 0 aromatic carbocycles.